The molecule has 2 fully saturated rings. The molecule has 2 aliphatic heterocycles. The number of benzene rings is 3. The molecule has 7 heteroatoms. The monoisotopic (exact) mass is 479 g/mol. The Bertz CT molecular complexity index is 1030. The molecule has 0 bridgehead atoms. The summed E-state index contributed by atoms with van der Waals surface area (Å²) < 4.78 is 24.6. The van der Waals surface area contributed by atoms with E-state index in [1.165, 1.54) is 0 Å². The van der Waals surface area contributed by atoms with E-state index in [0.717, 1.165) is 16.7 Å². The van der Waals surface area contributed by atoms with Gasteiger partial charge in [-0.05, 0) is 35.7 Å². The van der Waals surface area contributed by atoms with Crippen molar-refractivity contribution in [2.24, 2.45) is 5.18 Å². The highest BCUT2D eigenvalue weighted by molar-refractivity contribution is 6.23. The lowest BCUT2D eigenvalue weighted by Gasteiger charge is -2.37. The number of hydrogen-bond acceptors (Lipinski definition) is 6. The van der Waals surface area contributed by atoms with Gasteiger partial charge in [0.1, 0.15) is 17.8 Å². The van der Waals surface area contributed by atoms with E-state index in [-0.39, 0.29) is 6.61 Å². The molecule has 5 rings (SSSR count). The van der Waals surface area contributed by atoms with E-state index >= 15 is 0 Å². The first kappa shape index (κ1) is 23.1. The van der Waals surface area contributed by atoms with Crippen LogP contribution >= 0.6 is 11.6 Å². The lowest BCUT2D eigenvalue weighted by atomic mass is 9.80. The maximum absolute atomic E-state index is 11.6. The third-order valence-electron chi connectivity index (χ3n) is 6.29. The molecule has 2 aliphatic rings. The topological polar surface area (TPSA) is 66.4 Å². The molecule has 2 saturated heterocycles. The Morgan fingerprint density at radius 1 is 0.824 bits per heavy atom. The van der Waals surface area contributed by atoms with Crippen LogP contribution in [0.3, 0.4) is 0 Å². The van der Waals surface area contributed by atoms with Crippen LogP contribution in [-0.2, 0) is 24.5 Å². The van der Waals surface area contributed by atoms with Crippen LogP contribution in [0.4, 0.5) is 0 Å². The average molecular weight is 480 g/mol. The van der Waals surface area contributed by atoms with Gasteiger partial charge in [0.15, 0.2) is 11.9 Å². The second-order valence-corrected chi connectivity index (χ2v) is 9.51. The first-order valence-corrected chi connectivity index (χ1v) is 11.6. The standard InChI is InChI=1S/C27H26ClNO5/c1-25(2)33-23-22(32-27(28,29-30)24(23)34-25)18-31-26(19-12-6-3-7-13-19,20-14-8-4-9-15-20)21-16-10-5-11-17-21/h3-17,22-24H,18H2,1-2H3/t22-,23-,24-,27-/m1/s1. The quantitative estimate of drug-likeness (QED) is 0.192. The molecule has 0 radical (unpaired) electrons. The predicted molar refractivity (Wildman–Crippen MR) is 128 cm³/mol. The number of alkyl halides is 1. The molecule has 176 valence electrons. The molecule has 0 amide bonds. The molecule has 2 heterocycles. The molecular weight excluding hydrogens is 454 g/mol. The summed E-state index contributed by atoms with van der Waals surface area (Å²) in [4.78, 5) is 11.6. The number of hydrogen-bond donors (Lipinski definition) is 0. The van der Waals surface area contributed by atoms with Crippen molar-refractivity contribution in [1.29, 1.82) is 0 Å². The zero-order valence-electron chi connectivity index (χ0n) is 19.0. The maximum atomic E-state index is 11.6. The van der Waals surface area contributed by atoms with E-state index < -0.39 is 34.9 Å². The predicted octanol–water partition coefficient (Wildman–Crippen LogP) is 5.57. The van der Waals surface area contributed by atoms with Crippen molar-refractivity contribution in [1.82, 2.24) is 0 Å². The van der Waals surface area contributed by atoms with Crippen molar-refractivity contribution < 1.29 is 18.9 Å². The largest absolute Gasteiger partial charge is 0.358 e. The van der Waals surface area contributed by atoms with Gasteiger partial charge in [-0.2, -0.15) is 0 Å². The third-order valence-corrected chi connectivity index (χ3v) is 6.67. The van der Waals surface area contributed by atoms with E-state index in [0.29, 0.717) is 0 Å². The molecule has 0 N–H and O–H groups in total. The summed E-state index contributed by atoms with van der Waals surface area (Å²) >= 11 is 6.42. The molecule has 3 aromatic carbocycles. The van der Waals surface area contributed by atoms with Crippen LogP contribution in [0.15, 0.2) is 96.2 Å². The molecule has 34 heavy (non-hydrogen) atoms. The van der Waals surface area contributed by atoms with Crippen LogP contribution < -0.4 is 0 Å². The molecule has 0 spiro atoms. The van der Waals surface area contributed by atoms with Crippen LogP contribution in [0.2, 0.25) is 0 Å². The van der Waals surface area contributed by atoms with E-state index in [4.69, 9.17) is 30.5 Å². The zero-order chi connectivity index (χ0) is 23.8. The molecule has 0 unspecified atom stereocenters. The van der Waals surface area contributed by atoms with Gasteiger partial charge in [0, 0.05) is 0 Å². The van der Waals surface area contributed by atoms with Gasteiger partial charge in [0.2, 0.25) is 0 Å². The van der Waals surface area contributed by atoms with Gasteiger partial charge < -0.3 is 18.9 Å². The number of rotatable bonds is 7. The fraction of sp³-hybridized carbons (Fsp3) is 0.333. The van der Waals surface area contributed by atoms with Crippen LogP contribution in [0.25, 0.3) is 0 Å². The molecule has 3 aromatic rings. The molecule has 0 saturated carbocycles. The van der Waals surface area contributed by atoms with E-state index in [9.17, 15) is 4.91 Å². The fourth-order valence-electron chi connectivity index (χ4n) is 4.86. The molecule has 6 nitrogen and oxygen atoms in total. The van der Waals surface area contributed by atoms with Gasteiger partial charge in [-0.25, -0.2) is 0 Å². The average Bonchev–Trinajstić information content (AvgIpc) is 3.33. The number of ether oxygens (including phenoxy) is 4. The number of nitroso groups, excluding NO2 is 1. The lowest BCUT2D eigenvalue weighted by Crippen LogP contribution is -2.39. The van der Waals surface area contributed by atoms with Crippen molar-refractivity contribution >= 4 is 11.6 Å². The SMILES string of the molecule is CC1(C)O[C@H]2[C@@H](O1)[C@@](Cl)(N=O)O[C@@H]2COC(c1ccccc1)(c1ccccc1)c1ccccc1. The summed E-state index contributed by atoms with van der Waals surface area (Å²) in [5.74, 6) is -0.919. The Morgan fingerprint density at radius 2 is 1.29 bits per heavy atom. The summed E-state index contributed by atoms with van der Waals surface area (Å²) in [6.07, 6.45) is -2.11. The summed E-state index contributed by atoms with van der Waals surface area (Å²) in [6, 6.07) is 30.0. The van der Waals surface area contributed by atoms with Crippen LogP contribution in [0, 0.1) is 4.91 Å². The Kier molecular flexibility index (Phi) is 6.04. The van der Waals surface area contributed by atoms with Gasteiger partial charge in [-0.15, -0.1) is 4.91 Å². The number of halogens is 1. The van der Waals surface area contributed by atoms with Crippen LogP contribution in [0.5, 0.6) is 0 Å². The summed E-state index contributed by atoms with van der Waals surface area (Å²) in [7, 11) is 0. The minimum absolute atomic E-state index is 0.0866. The van der Waals surface area contributed by atoms with Crippen molar-refractivity contribution in [3.8, 4) is 0 Å². The summed E-state index contributed by atoms with van der Waals surface area (Å²) in [5, 5.41) is 1.16. The minimum Gasteiger partial charge on any atom is -0.358 e. The first-order chi connectivity index (χ1) is 16.4. The lowest BCUT2D eigenvalue weighted by molar-refractivity contribution is -0.201. The van der Waals surface area contributed by atoms with Crippen LogP contribution in [-0.4, -0.2) is 35.9 Å². The van der Waals surface area contributed by atoms with E-state index in [2.05, 4.69) is 5.18 Å². The fourth-order valence-corrected chi connectivity index (χ4v) is 5.14. The molecular formula is C27H26ClNO5. The second-order valence-electron chi connectivity index (χ2n) is 8.97. The van der Waals surface area contributed by atoms with Crippen molar-refractivity contribution in [3.05, 3.63) is 113 Å². The van der Waals surface area contributed by atoms with Gasteiger partial charge in [0.05, 0.1) is 6.61 Å². The Balaban J connectivity index is 1.57. The first-order valence-electron chi connectivity index (χ1n) is 11.3. The minimum atomic E-state index is -1.87. The normalized spacial score (nSPS) is 27.9. The van der Waals surface area contributed by atoms with Gasteiger partial charge in [-0.3, -0.25) is 0 Å². The van der Waals surface area contributed by atoms with Gasteiger partial charge in [-0.1, -0.05) is 103 Å². The molecule has 0 aliphatic carbocycles. The Hall–Kier alpha value is -2.61. The summed E-state index contributed by atoms with van der Waals surface area (Å²) in [6.45, 7) is 3.63. The Morgan fingerprint density at radius 3 is 1.74 bits per heavy atom. The maximum Gasteiger partial charge on any atom is 0.306 e. The molecule has 0 aromatic heterocycles. The van der Waals surface area contributed by atoms with Crippen LogP contribution in [0.1, 0.15) is 30.5 Å². The number of nitrogens with zero attached hydrogens (tertiary/aromatic N) is 1. The van der Waals surface area contributed by atoms with E-state index in [1.54, 1.807) is 13.8 Å². The van der Waals surface area contributed by atoms with Crippen molar-refractivity contribution in [2.75, 3.05) is 6.61 Å². The highest BCUT2D eigenvalue weighted by atomic mass is 35.5. The highest BCUT2D eigenvalue weighted by Crippen LogP contribution is 2.48. The summed E-state index contributed by atoms with van der Waals surface area (Å²) in [5.41, 5.74) is 1.92. The van der Waals surface area contributed by atoms with Crippen molar-refractivity contribution in [3.63, 3.8) is 0 Å². The molecule has 4 atom stereocenters. The van der Waals surface area contributed by atoms with E-state index in [1.807, 2.05) is 91.0 Å². The number of fused-ring (bicyclic) bond motifs is 1. The van der Waals surface area contributed by atoms with Crippen molar-refractivity contribution in [2.45, 2.75) is 48.7 Å². The van der Waals surface area contributed by atoms with Gasteiger partial charge >= 0.3 is 5.18 Å². The zero-order valence-corrected chi connectivity index (χ0v) is 19.7. The Labute approximate surface area is 203 Å². The second kappa shape index (κ2) is 8.87. The van der Waals surface area contributed by atoms with Gasteiger partial charge in [0.25, 0.3) is 0 Å². The highest BCUT2D eigenvalue weighted by Gasteiger charge is 2.64. The smallest absolute Gasteiger partial charge is 0.306 e. The third kappa shape index (κ3) is 3.96.